The zero-order valence-electron chi connectivity index (χ0n) is 9.04. The monoisotopic (exact) mass is 254 g/mol. The fourth-order valence-corrected chi connectivity index (χ4v) is 1.66. The molecule has 0 fully saturated rings. The average molecular weight is 255 g/mol. The van der Waals surface area contributed by atoms with E-state index in [2.05, 4.69) is 9.97 Å². The SMILES string of the molecule is CCc1nc(Cl)cc(-c2ccc(F)cc2F)n1. The Morgan fingerprint density at radius 2 is 1.94 bits per heavy atom. The minimum Gasteiger partial charge on any atom is -0.233 e. The van der Waals surface area contributed by atoms with Crippen LogP contribution in [0.2, 0.25) is 5.15 Å². The van der Waals surface area contributed by atoms with Gasteiger partial charge >= 0.3 is 0 Å². The molecule has 0 unspecified atom stereocenters. The predicted octanol–water partition coefficient (Wildman–Crippen LogP) is 3.64. The minimum atomic E-state index is -0.665. The number of halogens is 3. The highest BCUT2D eigenvalue weighted by Gasteiger charge is 2.10. The third-order valence-electron chi connectivity index (χ3n) is 2.26. The lowest BCUT2D eigenvalue weighted by atomic mass is 10.1. The maximum Gasteiger partial charge on any atom is 0.135 e. The summed E-state index contributed by atoms with van der Waals surface area (Å²) in [5.41, 5.74) is 0.574. The van der Waals surface area contributed by atoms with Gasteiger partial charge in [0.15, 0.2) is 0 Å². The van der Waals surface area contributed by atoms with E-state index in [1.807, 2.05) is 6.92 Å². The fraction of sp³-hybridized carbons (Fsp3) is 0.167. The van der Waals surface area contributed by atoms with Crippen molar-refractivity contribution in [2.75, 3.05) is 0 Å². The van der Waals surface area contributed by atoms with Gasteiger partial charge in [-0.3, -0.25) is 0 Å². The van der Waals surface area contributed by atoms with Crippen molar-refractivity contribution in [1.82, 2.24) is 9.97 Å². The smallest absolute Gasteiger partial charge is 0.135 e. The molecule has 0 amide bonds. The third kappa shape index (κ3) is 2.58. The van der Waals surface area contributed by atoms with E-state index in [1.165, 1.54) is 18.2 Å². The van der Waals surface area contributed by atoms with Crippen molar-refractivity contribution in [3.63, 3.8) is 0 Å². The second kappa shape index (κ2) is 4.75. The van der Waals surface area contributed by atoms with E-state index < -0.39 is 11.6 Å². The Labute approximate surface area is 102 Å². The number of aryl methyl sites for hydroxylation is 1. The van der Waals surface area contributed by atoms with Crippen LogP contribution in [-0.4, -0.2) is 9.97 Å². The van der Waals surface area contributed by atoms with Crippen LogP contribution >= 0.6 is 11.6 Å². The van der Waals surface area contributed by atoms with Crippen LogP contribution in [-0.2, 0) is 6.42 Å². The normalized spacial score (nSPS) is 10.6. The van der Waals surface area contributed by atoms with Crippen molar-refractivity contribution in [3.8, 4) is 11.3 Å². The lowest BCUT2D eigenvalue weighted by molar-refractivity contribution is 0.585. The summed E-state index contributed by atoms with van der Waals surface area (Å²) in [4.78, 5) is 8.14. The van der Waals surface area contributed by atoms with Gasteiger partial charge in [-0.25, -0.2) is 18.7 Å². The van der Waals surface area contributed by atoms with Gasteiger partial charge in [-0.2, -0.15) is 0 Å². The van der Waals surface area contributed by atoms with E-state index in [-0.39, 0.29) is 10.7 Å². The van der Waals surface area contributed by atoms with Crippen LogP contribution in [0.1, 0.15) is 12.7 Å². The molecule has 1 aromatic carbocycles. The first-order valence-electron chi connectivity index (χ1n) is 5.09. The Kier molecular flexibility index (Phi) is 3.33. The van der Waals surface area contributed by atoms with Gasteiger partial charge in [0.2, 0.25) is 0 Å². The number of benzene rings is 1. The van der Waals surface area contributed by atoms with E-state index in [0.29, 0.717) is 17.9 Å². The van der Waals surface area contributed by atoms with Gasteiger partial charge in [0.1, 0.15) is 22.6 Å². The highest BCUT2D eigenvalue weighted by atomic mass is 35.5. The molecular formula is C12H9ClF2N2. The molecule has 0 spiro atoms. The number of hydrogen-bond acceptors (Lipinski definition) is 2. The highest BCUT2D eigenvalue weighted by Crippen LogP contribution is 2.23. The van der Waals surface area contributed by atoms with Crippen LogP contribution in [0.15, 0.2) is 24.3 Å². The van der Waals surface area contributed by atoms with E-state index in [0.717, 1.165) is 6.07 Å². The first-order valence-corrected chi connectivity index (χ1v) is 5.47. The molecular weight excluding hydrogens is 246 g/mol. The summed E-state index contributed by atoms with van der Waals surface area (Å²) in [7, 11) is 0. The van der Waals surface area contributed by atoms with E-state index >= 15 is 0 Å². The molecule has 2 nitrogen and oxygen atoms in total. The molecule has 0 atom stereocenters. The van der Waals surface area contributed by atoms with Gasteiger partial charge in [-0.1, -0.05) is 18.5 Å². The molecule has 5 heteroatoms. The average Bonchev–Trinajstić information content (AvgIpc) is 2.28. The molecule has 0 aliphatic rings. The summed E-state index contributed by atoms with van der Waals surface area (Å²) < 4.78 is 26.3. The zero-order valence-corrected chi connectivity index (χ0v) is 9.80. The Bertz CT molecular complexity index is 558. The highest BCUT2D eigenvalue weighted by molar-refractivity contribution is 6.29. The van der Waals surface area contributed by atoms with Crippen LogP contribution in [0.5, 0.6) is 0 Å². The number of nitrogens with zero attached hydrogens (tertiary/aromatic N) is 2. The molecule has 0 aliphatic carbocycles. The second-order valence-electron chi connectivity index (χ2n) is 3.47. The van der Waals surface area contributed by atoms with Crippen LogP contribution in [0, 0.1) is 11.6 Å². The third-order valence-corrected chi connectivity index (χ3v) is 2.46. The Balaban J connectivity index is 2.55. The van der Waals surface area contributed by atoms with Crippen LogP contribution in [0.3, 0.4) is 0 Å². The summed E-state index contributed by atoms with van der Waals surface area (Å²) in [5.74, 6) is -0.764. The Morgan fingerprint density at radius 3 is 2.59 bits per heavy atom. The van der Waals surface area contributed by atoms with Crippen molar-refractivity contribution in [2.45, 2.75) is 13.3 Å². The van der Waals surface area contributed by atoms with Gasteiger partial charge in [0.05, 0.1) is 5.69 Å². The molecule has 17 heavy (non-hydrogen) atoms. The Morgan fingerprint density at radius 1 is 1.18 bits per heavy atom. The molecule has 88 valence electrons. The van der Waals surface area contributed by atoms with E-state index in [4.69, 9.17) is 11.6 Å². The summed E-state index contributed by atoms with van der Waals surface area (Å²) in [6.07, 6.45) is 0.594. The first kappa shape index (κ1) is 11.9. The molecule has 1 aromatic heterocycles. The maximum absolute atomic E-state index is 13.6. The van der Waals surface area contributed by atoms with Crippen molar-refractivity contribution < 1.29 is 8.78 Å². The summed E-state index contributed by atoms with van der Waals surface area (Å²) >= 11 is 5.81. The van der Waals surface area contributed by atoms with Gasteiger partial charge in [0, 0.05) is 24.1 Å². The van der Waals surface area contributed by atoms with Crippen LogP contribution < -0.4 is 0 Å². The van der Waals surface area contributed by atoms with E-state index in [9.17, 15) is 8.78 Å². The minimum absolute atomic E-state index is 0.213. The van der Waals surface area contributed by atoms with Crippen molar-refractivity contribution in [1.29, 1.82) is 0 Å². The summed E-state index contributed by atoms with van der Waals surface area (Å²) in [6, 6.07) is 4.79. The second-order valence-corrected chi connectivity index (χ2v) is 3.86. The molecule has 0 saturated carbocycles. The van der Waals surface area contributed by atoms with Crippen LogP contribution in [0.4, 0.5) is 8.78 Å². The van der Waals surface area contributed by atoms with E-state index in [1.54, 1.807) is 0 Å². The Hall–Kier alpha value is -1.55. The van der Waals surface area contributed by atoms with Crippen molar-refractivity contribution in [2.24, 2.45) is 0 Å². The standard InChI is InChI=1S/C12H9ClF2N2/c1-2-12-16-10(6-11(13)17-12)8-4-3-7(14)5-9(8)15/h3-6H,2H2,1H3. The molecule has 0 saturated heterocycles. The summed E-state index contributed by atoms with van der Waals surface area (Å²) in [6.45, 7) is 1.87. The molecule has 2 rings (SSSR count). The van der Waals surface area contributed by atoms with Gasteiger partial charge in [0.25, 0.3) is 0 Å². The number of aromatic nitrogens is 2. The first-order chi connectivity index (χ1) is 8.10. The largest absolute Gasteiger partial charge is 0.233 e. The molecule has 0 radical (unpaired) electrons. The van der Waals surface area contributed by atoms with Crippen molar-refractivity contribution in [3.05, 3.63) is 46.9 Å². The fourth-order valence-electron chi connectivity index (χ4n) is 1.46. The lowest BCUT2D eigenvalue weighted by Crippen LogP contribution is -1.97. The molecule has 0 bridgehead atoms. The summed E-state index contributed by atoms with van der Waals surface area (Å²) in [5, 5.41) is 0.246. The van der Waals surface area contributed by atoms with Gasteiger partial charge in [-0.05, 0) is 12.1 Å². The number of rotatable bonds is 2. The maximum atomic E-state index is 13.6. The molecule has 1 heterocycles. The van der Waals surface area contributed by atoms with Gasteiger partial charge < -0.3 is 0 Å². The number of hydrogen-bond donors (Lipinski definition) is 0. The molecule has 0 aliphatic heterocycles. The topological polar surface area (TPSA) is 25.8 Å². The zero-order chi connectivity index (χ0) is 12.4. The van der Waals surface area contributed by atoms with Crippen LogP contribution in [0.25, 0.3) is 11.3 Å². The lowest BCUT2D eigenvalue weighted by Gasteiger charge is -2.05. The van der Waals surface area contributed by atoms with Crippen molar-refractivity contribution >= 4 is 11.6 Å². The quantitative estimate of drug-likeness (QED) is 0.765. The molecule has 2 aromatic rings. The predicted molar refractivity (Wildman–Crippen MR) is 61.8 cm³/mol. The molecule has 0 N–H and O–H groups in total. The van der Waals surface area contributed by atoms with Gasteiger partial charge in [-0.15, -0.1) is 0 Å².